The van der Waals surface area contributed by atoms with E-state index in [1.165, 1.54) is 50.5 Å². The fraction of sp³-hybridized carbons (Fsp3) is 0.833. The summed E-state index contributed by atoms with van der Waals surface area (Å²) < 4.78 is 6.91. The SMILES string of the molecule is C=C1[C@H](C)C/C(=C/C=C2\CCC[C@@]3(C)C2CCC3[C@H](C)[C@@H](C)CCC(C)(C)C)C[C@H]1O[Si](C)(C)C(C)(C)C. The fourth-order valence-corrected chi connectivity index (χ4v) is 9.07. The molecule has 3 rings (SSSR count). The van der Waals surface area contributed by atoms with Gasteiger partial charge in [0, 0.05) is 0 Å². The lowest BCUT2D eigenvalue weighted by molar-refractivity contribution is 0.0714. The van der Waals surface area contributed by atoms with Crippen molar-refractivity contribution >= 4 is 8.32 Å². The molecule has 3 saturated carbocycles. The Balaban J connectivity index is 1.74. The summed E-state index contributed by atoms with van der Waals surface area (Å²) >= 11 is 0. The highest BCUT2D eigenvalue weighted by Gasteiger charge is 2.51. The largest absolute Gasteiger partial charge is 0.410 e. The first-order valence-corrected chi connectivity index (χ1v) is 19.0. The average Bonchev–Trinajstić information content (AvgIpc) is 3.14. The summed E-state index contributed by atoms with van der Waals surface area (Å²) in [4.78, 5) is 0. The molecule has 3 fully saturated rings. The van der Waals surface area contributed by atoms with Gasteiger partial charge in [0.15, 0.2) is 8.32 Å². The van der Waals surface area contributed by atoms with Crippen LogP contribution in [0.4, 0.5) is 0 Å². The van der Waals surface area contributed by atoms with Gasteiger partial charge in [-0.25, -0.2) is 0 Å². The molecule has 0 N–H and O–H groups in total. The van der Waals surface area contributed by atoms with E-state index in [9.17, 15) is 0 Å². The maximum absolute atomic E-state index is 6.91. The topological polar surface area (TPSA) is 9.23 Å². The predicted octanol–water partition coefficient (Wildman–Crippen LogP) is 11.5. The van der Waals surface area contributed by atoms with Crippen LogP contribution in [0, 0.1) is 40.4 Å². The van der Waals surface area contributed by atoms with E-state index in [1.807, 2.05) is 0 Å². The second-order valence-electron chi connectivity index (χ2n) is 16.8. The summed E-state index contributed by atoms with van der Waals surface area (Å²) in [6.45, 7) is 33.6. The first-order chi connectivity index (χ1) is 17.4. The summed E-state index contributed by atoms with van der Waals surface area (Å²) in [5, 5.41) is 0.229. The van der Waals surface area contributed by atoms with Gasteiger partial charge in [-0.15, -0.1) is 0 Å². The molecule has 3 aliphatic carbocycles. The summed E-state index contributed by atoms with van der Waals surface area (Å²) in [6.07, 6.45) is 17.1. The molecule has 0 aliphatic heterocycles. The molecular weight excluding hydrogens is 476 g/mol. The zero-order valence-electron chi connectivity index (χ0n) is 27.6. The van der Waals surface area contributed by atoms with Crippen LogP contribution in [0.5, 0.6) is 0 Å². The van der Waals surface area contributed by atoms with Crippen LogP contribution in [0.2, 0.25) is 18.1 Å². The van der Waals surface area contributed by atoms with E-state index < -0.39 is 8.32 Å². The summed E-state index contributed by atoms with van der Waals surface area (Å²) in [5.41, 5.74) is 5.58. The first-order valence-electron chi connectivity index (χ1n) is 16.1. The molecular formula is C36H64OSi. The molecule has 7 atom stereocenters. The Morgan fingerprint density at radius 1 is 1.05 bits per heavy atom. The second-order valence-corrected chi connectivity index (χ2v) is 21.6. The van der Waals surface area contributed by atoms with E-state index >= 15 is 0 Å². The van der Waals surface area contributed by atoms with Gasteiger partial charge in [-0.3, -0.25) is 0 Å². The van der Waals surface area contributed by atoms with Gasteiger partial charge in [0.1, 0.15) is 0 Å². The zero-order chi connectivity index (χ0) is 28.7. The van der Waals surface area contributed by atoms with Crippen molar-refractivity contribution in [3.8, 4) is 0 Å². The highest BCUT2D eigenvalue weighted by atomic mass is 28.4. The van der Waals surface area contributed by atoms with Crippen LogP contribution in [-0.4, -0.2) is 14.4 Å². The monoisotopic (exact) mass is 540 g/mol. The molecule has 1 nitrogen and oxygen atoms in total. The van der Waals surface area contributed by atoms with Gasteiger partial charge >= 0.3 is 0 Å². The third-order valence-electron chi connectivity index (χ3n) is 11.8. The Labute approximate surface area is 239 Å². The van der Waals surface area contributed by atoms with Gasteiger partial charge in [0.05, 0.1) is 6.10 Å². The van der Waals surface area contributed by atoms with Crippen LogP contribution in [-0.2, 0) is 4.43 Å². The average molecular weight is 541 g/mol. The van der Waals surface area contributed by atoms with Crippen molar-refractivity contribution in [2.75, 3.05) is 0 Å². The minimum atomic E-state index is -1.82. The van der Waals surface area contributed by atoms with Crippen molar-refractivity contribution < 1.29 is 4.43 Å². The lowest BCUT2D eigenvalue weighted by Crippen LogP contribution is -2.45. The molecule has 0 aromatic carbocycles. The minimum Gasteiger partial charge on any atom is -0.410 e. The fourth-order valence-electron chi connectivity index (χ4n) is 7.77. The van der Waals surface area contributed by atoms with Crippen molar-refractivity contribution in [1.82, 2.24) is 0 Å². The third-order valence-corrected chi connectivity index (χ3v) is 16.2. The molecule has 218 valence electrons. The predicted molar refractivity (Wildman–Crippen MR) is 171 cm³/mol. The quantitative estimate of drug-likeness (QED) is 0.230. The second kappa shape index (κ2) is 11.7. The molecule has 0 heterocycles. The number of hydrogen-bond donors (Lipinski definition) is 0. The highest BCUT2D eigenvalue weighted by molar-refractivity contribution is 6.74. The van der Waals surface area contributed by atoms with E-state index in [0.29, 0.717) is 16.7 Å². The summed E-state index contributed by atoms with van der Waals surface area (Å²) in [5.74, 6) is 3.81. The van der Waals surface area contributed by atoms with E-state index in [4.69, 9.17) is 4.43 Å². The molecule has 2 unspecified atom stereocenters. The van der Waals surface area contributed by atoms with E-state index in [-0.39, 0.29) is 11.1 Å². The Morgan fingerprint density at radius 3 is 2.32 bits per heavy atom. The van der Waals surface area contributed by atoms with Gasteiger partial charge < -0.3 is 4.43 Å². The molecule has 3 aliphatic rings. The van der Waals surface area contributed by atoms with Crippen LogP contribution < -0.4 is 0 Å². The Bertz CT molecular complexity index is 893. The minimum absolute atomic E-state index is 0.187. The van der Waals surface area contributed by atoms with Crippen molar-refractivity contribution in [1.29, 1.82) is 0 Å². The number of hydrogen-bond acceptors (Lipinski definition) is 1. The molecule has 0 aromatic rings. The van der Waals surface area contributed by atoms with Gasteiger partial charge in [0.2, 0.25) is 0 Å². The molecule has 2 heteroatoms. The van der Waals surface area contributed by atoms with Gasteiger partial charge in [-0.1, -0.05) is 99.1 Å². The van der Waals surface area contributed by atoms with Crippen LogP contribution in [0.1, 0.15) is 127 Å². The Hall–Kier alpha value is -0.603. The maximum atomic E-state index is 6.91. The molecule has 0 aromatic heterocycles. The molecule has 0 bridgehead atoms. The Morgan fingerprint density at radius 2 is 1.71 bits per heavy atom. The zero-order valence-corrected chi connectivity index (χ0v) is 28.6. The standard InChI is InChI=1S/C36H64OSi/c1-25(20-22-34(5,6)7)27(3)31-18-19-32-30(15-14-21-36(31,32)11)17-16-29-23-26(2)28(4)33(24-29)37-38(12,13)35(8,9)10/h16-17,25-27,31-33H,4,14-15,18-24H2,1-3,5-13H3/b29-16-,30-17+/t25-,26+,27+,31?,32?,33+,36+/m0/s1. The van der Waals surface area contributed by atoms with E-state index in [0.717, 1.165) is 36.5 Å². The smallest absolute Gasteiger partial charge is 0.192 e. The van der Waals surface area contributed by atoms with Gasteiger partial charge in [-0.05, 0) is 122 Å². The van der Waals surface area contributed by atoms with Crippen LogP contribution in [0.3, 0.4) is 0 Å². The van der Waals surface area contributed by atoms with E-state index in [1.54, 1.807) is 11.1 Å². The first kappa shape index (κ1) is 31.9. The molecule has 0 spiro atoms. The van der Waals surface area contributed by atoms with Crippen LogP contribution in [0.25, 0.3) is 0 Å². The van der Waals surface area contributed by atoms with Crippen molar-refractivity contribution in [3.05, 3.63) is 35.5 Å². The van der Waals surface area contributed by atoms with E-state index in [2.05, 4.69) is 101 Å². The highest BCUT2D eigenvalue weighted by Crippen LogP contribution is 2.60. The maximum Gasteiger partial charge on any atom is 0.192 e. The number of fused-ring (bicyclic) bond motifs is 1. The van der Waals surface area contributed by atoms with Crippen molar-refractivity contribution in [2.45, 2.75) is 151 Å². The molecule has 38 heavy (non-hydrogen) atoms. The van der Waals surface area contributed by atoms with Gasteiger partial charge in [-0.2, -0.15) is 0 Å². The summed E-state index contributed by atoms with van der Waals surface area (Å²) in [6, 6.07) is 0. The Kier molecular flexibility index (Phi) is 9.84. The van der Waals surface area contributed by atoms with Gasteiger partial charge in [0.25, 0.3) is 0 Å². The van der Waals surface area contributed by atoms with Crippen LogP contribution >= 0.6 is 0 Å². The van der Waals surface area contributed by atoms with Crippen molar-refractivity contribution in [2.24, 2.45) is 40.4 Å². The van der Waals surface area contributed by atoms with Crippen molar-refractivity contribution in [3.63, 3.8) is 0 Å². The molecule has 0 amide bonds. The third kappa shape index (κ3) is 7.18. The normalized spacial score (nSPS) is 35.0. The number of rotatable bonds is 7. The number of allylic oxidation sites excluding steroid dienone is 3. The lowest BCUT2D eigenvalue weighted by atomic mass is 9.59. The lowest BCUT2D eigenvalue weighted by Gasteiger charge is -2.45. The van der Waals surface area contributed by atoms with Crippen LogP contribution in [0.15, 0.2) is 35.5 Å². The molecule has 0 saturated heterocycles. The summed E-state index contributed by atoms with van der Waals surface area (Å²) in [7, 11) is -1.82. The molecule has 0 radical (unpaired) electrons.